The van der Waals surface area contributed by atoms with E-state index >= 15 is 0 Å². The normalized spacial score (nSPS) is 12.2. The number of likely N-dealkylation sites (N-methyl/N-ethyl adjacent to an activating group) is 1. The molecule has 1 aromatic heterocycles. The van der Waals surface area contributed by atoms with Gasteiger partial charge in [0.05, 0.1) is 12.6 Å². The topological polar surface area (TPSA) is 79.5 Å². The zero-order chi connectivity index (χ0) is 17.9. The molecule has 6 nitrogen and oxygen atoms in total. The Morgan fingerprint density at radius 3 is 2.22 bits per heavy atom. The molecule has 1 rings (SSSR count). The Labute approximate surface area is 137 Å². The number of carbonyl (C=O) groups is 3. The lowest BCUT2D eigenvalue weighted by Crippen LogP contribution is -2.42. The van der Waals surface area contributed by atoms with Crippen LogP contribution in [-0.2, 0) is 9.53 Å². The molecule has 0 aliphatic heterocycles. The van der Waals surface area contributed by atoms with Crippen LogP contribution in [0.25, 0.3) is 0 Å². The number of nitrogens with zero attached hydrogens (tertiary/aromatic N) is 1. The van der Waals surface area contributed by atoms with E-state index in [4.69, 9.17) is 4.74 Å². The van der Waals surface area contributed by atoms with Gasteiger partial charge in [-0.2, -0.15) is 0 Å². The predicted octanol–water partition coefficient (Wildman–Crippen LogP) is 2.49. The summed E-state index contributed by atoms with van der Waals surface area (Å²) in [5, 5.41) is 0. The van der Waals surface area contributed by atoms with E-state index in [9.17, 15) is 14.4 Å². The first-order valence-corrected chi connectivity index (χ1v) is 7.80. The first kappa shape index (κ1) is 18.9. The van der Waals surface area contributed by atoms with Crippen LogP contribution in [0.15, 0.2) is 0 Å². The first-order chi connectivity index (χ1) is 10.6. The molecular weight excluding hydrogens is 296 g/mol. The van der Waals surface area contributed by atoms with Crippen molar-refractivity contribution in [3.05, 3.63) is 22.5 Å². The van der Waals surface area contributed by atoms with Crippen molar-refractivity contribution < 1.29 is 19.1 Å². The molecule has 23 heavy (non-hydrogen) atoms. The van der Waals surface area contributed by atoms with Gasteiger partial charge in [-0.05, 0) is 33.3 Å². The van der Waals surface area contributed by atoms with Crippen LogP contribution < -0.4 is 0 Å². The number of nitrogens with one attached hydrogen (secondary N) is 1. The Bertz CT molecular complexity index is 616. The zero-order valence-corrected chi connectivity index (χ0v) is 14.9. The van der Waals surface area contributed by atoms with Gasteiger partial charge >= 0.3 is 5.97 Å². The average molecular weight is 322 g/mol. The molecule has 1 N–H and O–H groups in total. The van der Waals surface area contributed by atoms with Crippen molar-refractivity contribution in [3.63, 3.8) is 0 Å². The Morgan fingerprint density at radius 1 is 1.17 bits per heavy atom. The van der Waals surface area contributed by atoms with E-state index in [1.807, 2.05) is 0 Å². The molecule has 0 aliphatic rings. The van der Waals surface area contributed by atoms with Gasteiger partial charge < -0.3 is 14.6 Å². The second kappa shape index (κ2) is 7.44. The van der Waals surface area contributed by atoms with Crippen molar-refractivity contribution in [3.8, 4) is 0 Å². The molecule has 0 unspecified atom stereocenters. The van der Waals surface area contributed by atoms with Crippen LogP contribution in [0.4, 0.5) is 0 Å². The number of aromatic amines is 1. The summed E-state index contributed by atoms with van der Waals surface area (Å²) in [6.45, 7) is 10.7. The van der Waals surface area contributed by atoms with E-state index in [1.54, 1.807) is 48.6 Å². The van der Waals surface area contributed by atoms with Crippen LogP contribution in [-0.4, -0.2) is 47.2 Å². The molecule has 1 heterocycles. The fraction of sp³-hybridized carbons (Fsp3) is 0.588. The van der Waals surface area contributed by atoms with Gasteiger partial charge in [0, 0.05) is 24.2 Å². The summed E-state index contributed by atoms with van der Waals surface area (Å²) in [6.07, 6.45) is 0. The van der Waals surface area contributed by atoms with E-state index in [0.717, 1.165) is 0 Å². The van der Waals surface area contributed by atoms with Gasteiger partial charge in [-0.1, -0.05) is 13.8 Å². The number of ketones is 1. The second-order valence-corrected chi connectivity index (χ2v) is 5.99. The fourth-order valence-corrected chi connectivity index (χ4v) is 2.51. The molecule has 1 amide bonds. The number of hydrogen-bond donors (Lipinski definition) is 1. The van der Waals surface area contributed by atoms with Gasteiger partial charge in [0.25, 0.3) is 0 Å². The number of esters is 1. The van der Waals surface area contributed by atoms with Crippen molar-refractivity contribution >= 4 is 17.7 Å². The number of carbonyl (C=O) groups excluding carboxylic acids is 3. The van der Waals surface area contributed by atoms with Crippen LogP contribution in [0, 0.1) is 19.8 Å². The molecule has 0 fully saturated rings. The molecule has 0 aromatic carbocycles. The number of hydrogen-bond acceptors (Lipinski definition) is 4. The Kier molecular flexibility index (Phi) is 6.12. The highest BCUT2D eigenvalue weighted by molar-refractivity contribution is 6.06. The molecule has 0 bridgehead atoms. The van der Waals surface area contributed by atoms with Gasteiger partial charge in [0.1, 0.15) is 5.69 Å². The molecular formula is C17H26N2O4. The number of aryl methyl sites for hydroxylation is 1. The Balaban J connectivity index is 3.14. The Morgan fingerprint density at radius 2 is 1.74 bits per heavy atom. The van der Waals surface area contributed by atoms with Crippen LogP contribution in [0.3, 0.4) is 0 Å². The maximum Gasteiger partial charge on any atom is 0.355 e. The van der Waals surface area contributed by atoms with Gasteiger partial charge in [-0.15, -0.1) is 0 Å². The summed E-state index contributed by atoms with van der Waals surface area (Å²) in [6, 6.07) is -0.604. The van der Waals surface area contributed by atoms with Crippen LogP contribution >= 0.6 is 0 Å². The molecule has 6 heteroatoms. The number of rotatable bonds is 6. The third-order valence-corrected chi connectivity index (χ3v) is 3.97. The van der Waals surface area contributed by atoms with Crippen molar-refractivity contribution in [2.45, 2.75) is 47.6 Å². The van der Waals surface area contributed by atoms with Gasteiger partial charge in [-0.25, -0.2) is 4.79 Å². The highest BCUT2D eigenvalue weighted by atomic mass is 16.5. The molecule has 0 radical (unpaired) electrons. The predicted molar refractivity (Wildman–Crippen MR) is 87.6 cm³/mol. The van der Waals surface area contributed by atoms with Gasteiger partial charge in [-0.3, -0.25) is 9.59 Å². The van der Waals surface area contributed by atoms with Crippen molar-refractivity contribution in [2.24, 2.45) is 5.92 Å². The smallest absolute Gasteiger partial charge is 0.355 e. The molecule has 0 saturated carbocycles. The highest BCUT2D eigenvalue weighted by Gasteiger charge is 2.30. The molecule has 0 aliphatic carbocycles. The summed E-state index contributed by atoms with van der Waals surface area (Å²) in [5.41, 5.74) is 1.90. The number of aromatic nitrogens is 1. The minimum Gasteiger partial charge on any atom is -0.461 e. The molecule has 0 spiro atoms. The molecule has 1 atom stereocenters. The third kappa shape index (κ3) is 3.81. The molecule has 1 aromatic rings. The van der Waals surface area contributed by atoms with Crippen molar-refractivity contribution in [1.29, 1.82) is 0 Å². The summed E-state index contributed by atoms with van der Waals surface area (Å²) >= 11 is 0. The number of ether oxygens (including phenoxy) is 1. The zero-order valence-electron chi connectivity index (χ0n) is 14.9. The summed E-state index contributed by atoms with van der Waals surface area (Å²) in [4.78, 5) is 41.2. The summed E-state index contributed by atoms with van der Waals surface area (Å²) < 4.78 is 4.99. The van der Waals surface area contributed by atoms with E-state index < -0.39 is 12.0 Å². The van der Waals surface area contributed by atoms with E-state index in [1.165, 1.54) is 4.90 Å². The van der Waals surface area contributed by atoms with E-state index in [0.29, 0.717) is 16.8 Å². The van der Waals surface area contributed by atoms with Gasteiger partial charge in [0.2, 0.25) is 5.91 Å². The fourth-order valence-electron chi connectivity index (χ4n) is 2.51. The maximum absolute atomic E-state index is 12.8. The lowest BCUT2D eigenvalue weighted by Gasteiger charge is -2.25. The number of Topliss-reactive ketones (excluding diaryl/α,β-unsaturated/α-hetero) is 1. The monoisotopic (exact) mass is 322 g/mol. The third-order valence-electron chi connectivity index (χ3n) is 3.97. The molecule has 0 saturated heterocycles. The standard InChI is InChI=1S/C17H26N2O4/c1-8-23-17(22)14-10(4)13(11(5)18-14)15(20)12(6)19(7)16(21)9(2)3/h9,12,18H,8H2,1-7H3/t12-/m0/s1. The van der Waals surface area contributed by atoms with Crippen molar-refractivity contribution in [2.75, 3.05) is 13.7 Å². The molecule has 128 valence electrons. The van der Waals surface area contributed by atoms with E-state index in [-0.39, 0.29) is 29.9 Å². The minimum atomic E-state index is -0.604. The highest BCUT2D eigenvalue weighted by Crippen LogP contribution is 2.22. The quantitative estimate of drug-likeness (QED) is 0.644. The number of amides is 1. The summed E-state index contributed by atoms with van der Waals surface area (Å²) in [7, 11) is 1.62. The average Bonchev–Trinajstić information content (AvgIpc) is 2.79. The van der Waals surface area contributed by atoms with Crippen molar-refractivity contribution in [1.82, 2.24) is 9.88 Å². The SMILES string of the molecule is CCOC(=O)c1[nH]c(C)c(C(=O)[C@H](C)N(C)C(=O)C(C)C)c1C. The van der Waals surface area contributed by atoms with E-state index in [2.05, 4.69) is 4.98 Å². The second-order valence-electron chi connectivity index (χ2n) is 5.99. The summed E-state index contributed by atoms with van der Waals surface area (Å²) in [5.74, 6) is -0.948. The Hall–Kier alpha value is -2.11. The minimum absolute atomic E-state index is 0.0951. The van der Waals surface area contributed by atoms with Crippen LogP contribution in [0.1, 0.15) is 59.8 Å². The number of H-pyrrole nitrogens is 1. The van der Waals surface area contributed by atoms with Gasteiger partial charge in [0.15, 0.2) is 5.78 Å². The lowest BCUT2D eigenvalue weighted by molar-refractivity contribution is -0.134. The van der Waals surface area contributed by atoms with Crippen LogP contribution in [0.2, 0.25) is 0 Å². The maximum atomic E-state index is 12.8. The lowest BCUT2D eigenvalue weighted by atomic mass is 9.99. The van der Waals surface area contributed by atoms with Crippen LogP contribution in [0.5, 0.6) is 0 Å². The first-order valence-electron chi connectivity index (χ1n) is 7.80. The largest absolute Gasteiger partial charge is 0.461 e.